The predicted molar refractivity (Wildman–Crippen MR) is 69.2 cm³/mol. The van der Waals surface area contributed by atoms with Crippen LogP contribution in [0, 0.1) is 5.92 Å². The molecule has 0 radical (unpaired) electrons. The van der Waals surface area contributed by atoms with E-state index in [0.717, 1.165) is 12.8 Å². The third-order valence-corrected chi connectivity index (χ3v) is 4.39. The Labute approximate surface area is 117 Å². The minimum absolute atomic E-state index is 0.279. The molecule has 2 bridgehead atoms. The molecular formula is C13H22F3N3O. The highest BCUT2D eigenvalue weighted by atomic mass is 19.4. The third-order valence-electron chi connectivity index (χ3n) is 4.39. The monoisotopic (exact) mass is 293 g/mol. The Morgan fingerprint density at radius 3 is 2.40 bits per heavy atom. The second-order valence-electron chi connectivity index (χ2n) is 5.91. The second kappa shape index (κ2) is 6.30. The zero-order valence-electron chi connectivity index (χ0n) is 11.7. The number of halogens is 3. The molecule has 116 valence electrons. The van der Waals surface area contributed by atoms with E-state index >= 15 is 0 Å². The van der Waals surface area contributed by atoms with Gasteiger partial charge in [0.15, 0.2) is 0 Å². The molecule has 20 heavy (non-hydrogen) atoms. The average molecular weight is 293 g/mol. The lowest BCUT2D eigenvalue weighted by atomic mass is 9.91. The van der Waals surface area contributed by atoms with E-state index in [2.05, 4.69) is 22.6 Å². The van der Waals surface area contributed by atoms with Crippen LogP contribution in [0.5, 0.6) is 0 Å². The summed E-state index contributed by atoms with van der Waals surface area (Å²) in [4.78, 5) is 13.9. The Kier molecular flexibility index (Phi) is 4.90. The number of amides is 1. The maximum Gasteiger partial charge on any atom is 0.401 e. The summed E-state index contributed by atoms with van der Waals surface area (Å²) in [5, 5.41) is 4.84. The number of nitrogens with one attached hydrogen (secondary N) is 2. The Bertz CT molecular complexity index is 334. The summed E-state index contributed by atoms with van der Waals surface area (Å²) >= 11 is 0. The molecule has 0 spiro atoms. The zero-order chi connectivity index (χ0) is 14.8. The fourth-order valence-corrected chi connectivity index (χ4v) is 3.33. The van der Waals surface area contributed by atoms with Crippen LogP contribution in [0.25, 0.3) is 0 Å². The van der Waals surface area contributed by atoms with E-state index < -0.39 is 12.7 Å². The fraction of sp³-hybridized carbons (Fsp3) is 0.923. The molecule has 2 aliphatic rings. The molecular weight excluding hydrogens is 271 g/mol. The van der Waals surface area contributed by atoms with Crippen molar-refractivity contribution < 1.29 is 18.0 Å². The van der Waals surface area contributed by atoms with Crippen molar-refractivity contribution in [2.24, 2.45) is 5.92 Å². The summed E-state index contributed by atoms with van der Waals surface area (Å²) in [7, 11) is 2.15. The molecule has 1 amide bonds. The van der Waals surface area contributed by atoms with Crippen LogP contribution >= 0.6 is 0 Å². The smallest absolute Gasteiger partial charge is 0.355 e. The van der Waals surface area contributed by atoms with Crippen molar-refractivity contribution in [3.63, 3.8) is 0 Å². The number of hydrogen-bond acceptors (Lipinski definition) is 3. The van der Waals surface area contributed by atoms with Crippen LogP contribution in [0.1, 0.15) is 25.7 Å². The molecule has 2 atom stereocenters. The Hall–Kier alpha value is -0.820. The molecule has 0 aromatic rings. The zero-order valence-corrected chi connectivity index (χ0v) is 11.7. The van der Waals surface area contributed by atoms with Crippen molar-refractivity contribution in [2.75, 3.05) is 26.7 Å². The summed E-state index contributed by atoms with van der Waals surface area (Å²) < 4.78 is 35.7. The number of carbonyl (C=O) groups excluding carboxylic acids is 1. The molecule has 7 heteroatoms. The van der Waals surface area contributed by atoms with Crippen molar-refractivity contribution >= 4 is 5.91 Å². The van der Waals surface area contributed by atoms with Crippen LogP contribution < -0.4 is 10.6 Å². The Balaban J connectivity index is 1.62. The molecule has 2 heterocycles. The lowest BCUT2D eigenvalue weighted by Gasteiger charge is -2.36. The molecule has 2 saturated heterocycles. The topological polar surface area (TPSA) is 44.4 Å². The summed E-state index contributed by atoms with van der Waals surface area (Å²) in [6.07, 6.45) is 0.317. The molecule has 4 nitrogen and oxygen atoms in total. The number of rotatable bonds is 5. The van der Waals surface area contributed by atoms with Crippen molar-refractivity contribution in [1.82, 2.24) is 15.5 Å². The lowest BCUT2D eigenvalue weighted by Crippen LogP contribution is -2.45. The largest absolute Gasteiger partial charge is 0.401 e. The van der Waals surface area contributed by atoms with Gasteiger partial charge in [0.05, 0.1) is 13.1 Å². The Morgan fingerprint density at radius 1 is 1.25 bits per heavy atom. The normalized spacial score (nSPS) is 30.5. The average Bonchev–Trinajstić information content (AvgIpc) is 2.59. The number of hydrogen-bond donors (Lipinski definition) is 2. The van der Waals surface area contributed by atoms with Crippen LogP contribution in [0.3, 0.4) is 0 Å². The van der Waals surface area contributed by atoms with Crippen molar-refractivity contribution in [2.45, 2.75) is 43.9 Å². The minimum Gasteiger partial charge on any atom is -0.355 e. The first-order valence-electron chi connectivity index (χ1n) is 7.11. The van der Waals surface area contributed by atoms with Crippen LogP contribution in [-0.2, 0) is 4.79 Å². The molecule has 0 saturated carbocycles. The van der Waals surface area contributed by atoms with Crippen LogP contribution in [0.15, 0.2) is 0 Å². The van der Waals surface area contributed by atoms with Crippen molar-refractivity contribution in [3.05, 3.63) is 0 Å². The van der Waals surface area contributed by atoms with Gasteiger partial charge in [-0.3, -0.25) is 4.79 Å². The number of piperidine rings is 1. The van der Waals surface area contributed by atoms with E-state index in [-0.39, 0.29) is 12.5 Å². The minimum atomic E-state index is -4.27. The van der Waals surface area contributed by atoms with Gasteiger partial charge in [-0.15, -0.1) is 0 Å². The van der Waals surface area contributed by atoms with Crippen LogP contribution in [-0.4, -0.2) is 55.7 Å². The Morgan fingerprint density at radius 2 is 1.85 bits per heavy atom. The van der Waals surface area contributed by atoms with Gasteiger partial charge in [-0.1, -0.05) is 0 Å². The quantitative estimate of drug-likeness (QED) is 0.798. The molecule has 2 unspecified atom stereocenters. The number of alkyl halides is 3. The summed E-state index contributed by atoms with van der Waals surface area (Å²) in [6, 6.07) is 1.22. The standard InChI is InChI=1S/C13H22F3N3O/c1-19-10-2-3-11(19)5-9(4-10)6-18-12(20)7-17-8-13(14,15)16/h9-11,17H,2-8H2,1H3,(H,18,20). The maximum atomic E-state index is 11.9. The number of nitrogens with zero attached hydrogens (tertiary/aromatic N) is 1. The third kappa shape index (κ3) is 4.34. The van der Waals surface area contributed by atoms with Gasteiger partial charge in [0, 0.05) is 18.6 Å². The molecule has 2 aliphatic heterocycles. The highest BCUT2D eigenvalue weighted by molar-refractivity contribution is 5.77. The van der Waals surface area contributed by atoms with Gasteiger partial charge in [0.2, 0.25) is 5.91 Å². The number of fused-ring (bicyclic) bond motifs is 2. The highest BCUT2D eigenvalue weighted by Crippen LogP contribution is 2.36. The van der Waals surface area contributed by atoms with Gasteiger partial charge in [-0.2, -0.15) is 13.2 Å². The highest BCUT2D eigenvalue weighted by Gasteiger charge is 2.38. The molecule has 2 rings (SSSR count). The van der Waals surface area contributed by atoms with Gasteiger partial charge >= 0.3 is 6.18 Å². The van der Waals surface area contributed by atoms with Gasteiger partial charge in [0.1, 0.15) is 0 Å². The lowest BCUT2D eigenvalue weighted by molar-refractivity contribution is -0.128. The van der Waals surface area contributed by atoms with E-state index in [1.807, 2.05) is 0 Å². The first-order valence-corrected chi connectivity index (χ1v) is 7.11. The van der Waals surface area contributed by atoms with E-state index in [4.69, 9.17) is 0 Å². The van der Waals surface area contributed by atoms with Gasteiger partial charge < -0.3 is 15.5 Å². The number of carbonyl (C=O) groups is 1. The molecule has 2 N–H and O–H groups in total. The molecule has 0 aliphatic carbocycles. The SMILES string of the molecule is CN1C2CCC1CC(CNC(=O)CNCC(F)(F)F)C2. The van der Waals surface area contributed by atoms with E-state index in [9.17, 15) is 18.0 Å². The van der Waals surface area contributed by atoms with E-state index in [1.54, 1.807) is 0 Å². The van der Waals surface area contributed by atoms with Gasteiger partial charge in [0.25, 0.3) is 0 Å². The molecule has 0 aromatic carbocycles. The second-order valence-corrected chi connectivity index (χ2v) is 5.91. The van der Waals surface area contributed by atoms with Crippen molar-refractivity contribution in [1.29, 1.82) is 0 Å². The fourth-order valence-electron chi connectivity index (χ4n) is 3.33. The van der Waals surface area contributed by atoms with Crippen LogP contribution in [0.4, 0.5) is 13.2 Å². The summed E-state index contributed by atoms with van der Waals surface area (Å²) in [6.45, 7) is -0.828. The summed E-state index contributed by atoms with van der Waals surface area (Å²) in [5.41, 5.74) is 0. The van der Waals surface area contributed by atoms with E-state index in [0.29, 0.717) is 24.5 Å². The first kappa shape index (κ1) is 15.6. The summed E-state index contributed by atoms with van der Waals surface area (Å²) in [5.74, 6) is 0.0933. The van der Waals surface area contributed by atoms with E-state index in [1.165, 1.54) is 12.8 Å². The molecule has 2 fully saturated rings. The first-order chi connectivity index (χ1) is 9.35. The van der Waals surface area contributed by atoms with Gasteiger partial charge in [-0.05, 0) is 38.6 Å². The predicted octanol–water partition coefficient (Wildman–Crippen LogP) is 1.13. The van der Waals surface area contributed by atoms with Gasteiger partial charge in [-0.25, -0.2) is 0 Å². The molecule has 0 aromatic heterocycles. The van der Waals surface area contributed by atoms with Crippen LogP contribution in [0.2, 0.25) is 0 Å². The maximum absolute atomic E-state index is 11.9. The van der Waals surface area contributed by atoms with Crippen molar-refractivity contribution in [3.8, 4) is 0 Å².